The molecule has 0 aliphatic carbocycles. The van der Waals surface area contributed by atoms with Crippen molar-refractivity contribution in [2.24, 2.45) is 0 Å². The summed E-state index contributed by atoms with van der Waals surface area (Å²) in [4.78, 5) is 0. The van der Waals surface area contributed by atoms with Gasteiger partial charge in [0.25, 0.3) is 0 Å². The first-order chi connectivity index (χ1) is 19.1. The Balaban J connectivity index is 0. The van der Waals surface area contributed by atoms with E-state index >= 15 is 0 Å². The number of quaternary nitrogens is 1. The highest BCUT2D eigenvalue weighted by Gasteiger charge is 2.17. The molecule has 0 aliphatic rings. The number of hydrogen-bond donors (Lipinski definition) is 2. The van der Waals surface area contributed by atoms with Gasteiger partial charge in [-0.3, -0.25) is 0 Å². The monoisotopic (exact) mass is 665 g/mol. The summed E-state index contributed by atoms with van der Waals surface area (Å²) in [5.74, 6) is 0. The van der Waals surface area contributed by atoms with Gasteiger partial charge in [-0.25, -0.2) is 3.29 Å². The van der Waals surface area contributed by atoms with Crippen LogP contribution in [-0.4, -0.2) is 16.4 Å². The quantitative estimate of drug-likeness (QED) is 0.0381. The number of thiol groups is 2. The van der Waals surface area contributed by atoms with Gasteiger partial charge in [0, 0.05) is 0 Å². The topological polar surface area (TPSA) is 0 Å². The number of rotatable bonds is 34. The van der Waals surface area contributed by atoms with Crippen molar-refractivity contribution in [2.45, 2.75) is 219 Å². The summed E-state index contributed by atoms with van der Waals surface area (Å²) >= 11 is 9.69. The molecule has 0 unspecified atom stereocenters. The van der Waals surface area contributed by atoms with E-state index in [1.165, 1.54) is 205 Å². The number of halogens is 1. The van der Waals surface area contributed by atoms with Crippen molar-refractivity contribution in [1.82, 2.24) is 0 Å². The lowest BCUT2D eigenvalue weighted by atomic mass is 10.0. The summed E-state index contributed by atoms with van der Waals surface area (Å²) < 4.78 is 0.636. The number of nitrogens with zero attached hydrogens (tertiary/aromatic N) is 1. The molecule has 0 fully saturated rings. The van der Waals surface area contributed by atoms with Crippen LogP contribution in [-0.2, 0) is 0 Å². The lowest BCUT2D eigenvalue weighted by Crippen LogP contribution is -3.00. The molecule has 1 nitrogen and oxygen atoms in total. The Hall–Kier alpha value is 1.14. The van der Waals surface area contributed by atoms with Crippen molar-refractivity contribution in [3.63, 3.8) is 0 Å². The largest absolute Gasteiger partial charge is 1.00 e. The van der Waals surface area contributed by atoms with Gasteiger partial charge >= 0.3 is 0 Å². The van der Waals surface area contributed by atoms with Crippen LogP contribution < -0.4 is 17.0 Å². The second-order valence-electron chi connectivity index (χ2n) is 12.9. The summed E-state index contributed by atoms with van der Waals surface area (Å²) in [5, 5.41) is 0. The highest BCUT2D eigenvalue weighted by atomic mass is 79.9. The molecule has 244 valence electrons. The zero-order valence-corrected chi connectivity index (χ0v) is 31.1. The van der Waals surface area contributed by atoms with Crippen molar-refractivity contribution in [3.8, 4) is 0 Å². The van der Waals surface area contributed by atoms with Crippen molar-refractivity contribution in [2.75, 3.05) is 13.1 Å². The first-order valence-electron chi connectivity index (χ1n) is 18.4. The van der Waals surface area contributed by atoms with E-state index in [1.807, 2.05) is 0 Å². The molecule has 0 spiro atoms. The van der Waals surface area contributed by atoms with Gasteiger partial charge in [-0.15, -0.1) is 0 Å². The fourth-order valence-corrected chi connectivity index (χ4v) is 6.50. The van der Waals surface area contributed by atoms with Crippen LogP contribution in [0, 0.1) is 0 Å². The van der Waals surface area contributed by atoms with Crippen LogP contribution in [0.25, 0.3) is 0 Å². The zero-order valence-electron chi connectivity index (χ0n) is 27.8. The SMILES string of the molecule is CCCCCCCCCCCCCCCCCC[N+](S)(S)CCCCCCCCCCCCCCCCCC.[Br-]. The maximum absolute atomic E-state index is 4.84. The predicted molar refractivity (Wildman–Crippen MR) is 187 cm³/mol. The third kappa shape index (κ3) is 37.2. The molecule has 0 amide bonds. The fourth-order valence-electron chi connectivity index (χ4n) is 5.94. The van der Waals surface area contributed by atoms with Gasteiger partial charge in [0.2, 0.25) is 0 Å². The van der Waals surface area contributed by atoms with Crippen molar-refractivity contribution >= 4 is 25.6 Å². The van der Waals surface area contributed by atoms with Crippen LogP contribution in [0.1, 0.15) is 219 Å². The van der Waals surface area contributed by atoms with Crippen molar-refractivity contribution in [3.05, 3.63) is 0 Å². The van der Waals surface area contributed by atoms with Crippen LogP contribution in [0.4, 0.5) is 0 Å². The zero-order chi connectivity index (χ0) is 28.5. The van der Waals surface area contributed by atoms with E-state index in [1.54, 1.807) is 0 Å². The minimum absolute atomic E-state index is 0. The average Bonchev–Trinajstić information content (AvgIpc) is 2.92. The average molecular weight is 667 g/mol. The molecule has 0 aromatic carbocycles. The van der Waals surface area contributed by atoms with Crippen molar-refractivity contribution < 1.29 is 20.3 Å². The van der Waals surface area contributed by atoms with Gasteiger partial charge in [-0.2, -0.15) is 0 Å². The molecule has 0 N–H and O–H groups in total. The molecule has 0 saturated heterocycles. The van der Waals surface area contributed by atoms with Crippen LogP contribution in [0.2, 0.25) is 0 Å². The van der Waals surface area contributed by atoms with E-state index in [0.717, 1.165) is 13.1 Å². The number of hydrogen-bond acceptors (Lipinski definition) is 2. The molecule has 0 rings (SSSR count). The molecule has 4 heteroatoms. The molecule has 0 aliphatic heterocycles. The van der Waals surface area contributed by atoms with Crippen molar-refractivity contribution in [1.29, 1.82) is 0 Å². The third-order valence-corrected chi connectivity index (χ3v) is 9.54. The Morgan fingerprint density at radius 1 is 0.275 bits per heavy atom. The summed E-state index contributed by atoms with van der Waals surface area (Å²) in [6.07, 6.45) is 45.8. The molecular weight excluding hydrogens is 590 g/mol. The predicted octanol–water partition coefficient (Wildman–Crippen LogP) is 11.0. The van der Waals surface area contributed by atoms with Crippen LogP contribution in [0.15, 0.2) is 0 Å². The minimum Gasteiger partial charge on any atom is -1.00 e. The second kappa shape index (κ2) is 36.3. The normalized spacial score (nSPS) is 11.7. The standard InChI is InChI=1S/C36H76NS2.BrH/c1-3-5-7-9-11-13-15-17-19-21-23-25-27-29-31-33-35-37(38,39)36-34-32-30-28-26-24-22-20-18-16-14-12-10-8-6-4-2;/h38-39H,3-36H2,1-2H3;1H/q+1;/p-1. The first-order valence-corrected chi connectivity index (χ1v) is 19.2. The summed E-state index contributed by atoms with van der Waals surface area (Å²) in [7, 11) is 0. The smallest absolute Gasteiger partial charge is 0.0998 e. The Morgan fingerprint density at radius 3 is 0.600 bits per heavy atom. The van der Waals surface area contributed by atoms with E-state index in [0.29, 0.717) is 3.29 Å². The molecule has 0 heterocycles. The van der Waals surface area contributed by atoms with Gasteiger partial charge in [-0.1, -0.05) is 194 Å². The van der Waals surface area contributed by atoms with Gasteiger partial charge in [0.05, 0.1) is 38.7 Å². The minimum atomic E-state index is 0. The highest BCUT2D eigenvalue weighted by molar-refractivity contribution is 7.87. The maximum atomic E-state index is 4.84. The Morgan fingerprint density at radius 2 is 0.425 bits per heavy atom. The van der Waals surface area contributed by atoms with Gasteiger partial charge in [-0.05, 0) is 25.7 Å². The second-order valence-corrected chi connectivity index (χ2v) is 14.8. The number of unbranched alkanes of at least 4 members (excludes halogenated alkanes) is 30. The van der Waals surface area contributed by atoms with Crippen LogP contribution in [0.5, 0.6) is 0 Å². The Labute approximate surface area is 277 Å². The van der Waals surface area contributed by atoms with E-state index in [9.17, 15) is 0 Å². The van der Waals surface area contributed by atoms with Crippen LogP contribution in [0.3, 0.4) is 0 Å². The molecule has 0 aromatic rings. The van der Waals surface area contributed by atoms with E-state index in [2.05, 4.69) is 13.8 Å². The lowest BCUT2D eigenvalue weighted by Gasteiger charge is -2.24. The highest BCUT2D eigenvalue weighted by Crippen LogP contribution is 2.21. The van der Waals surface area contributed by atoms with E-state index in [4.69, 9.17) is 25.6 Å². The molecule has 0 radical (unpaired) electrons. The lowest BCUT2D eigenvalue weighted by molar-refractivity contribution is -0.641. The summed E-state index contributed by atoms with van der Waals surface area (Å²) in [6, 6.07) is 0. The fraction of sp³-hybridized carbons (Fsp3) is 1.00. The van der Waals surface area contributed by atoms with Gasteiger partial charge in [0.15, 0.2) is 0 Å². The molecular formula is C36H76BrNS2. The Kier molecular flexibility index (Phi) is 39.3. The molecule has 0 bridgehead atoms. The molecule has 0 atom stereocenters. The molecule has 0 saturated carbocycles. The maximum Gasteiger partial charge on any atom is 0.0998 e. The molecule has 0 aromatic heterocycles. The summed E-state index contributed by atoms with van der Waals surface area (Å²) in [5.41, 5.74) is 0. The van der Waals surface area contributed by atoms with Gasteiger partial charge < -0.3 is 17.0 Å². The van der Waals surface area contributed by atoms with Crippen LogP contribution >= 0.6 is 25.6 Å². The van der Waals surface area contributed by atoms with E-state index < -0.39 is 0 Å². The molecule has 40 heavy (non-hydrogen) atoms. The third-order valence-electron chi connectivity index (χ3n) is 8.74. The van der Waals surface area contributed by atoms with Gasteiger partial charge in [0.1, 0.15) is 0 Å². The first kappa shape index (κ1) is 43.3. The van der Waals surface area contributed by atoms with E-state index in [-0.39, 0.29) is 17.0 Å². The summed E-state index contributed by atoms with van der Waals surface area (Å²) in [6.45, 7) is 6.83. The Bertz CT molecular complexity index is 409.